The Kier molecular flexibility index (Phi) is 11.0. The van der Waals surface area contributed by atoms with Crippen LogP contribution in [0.2, 0.25) is 0 Å². The first-order chi connectivity index (χ1) is 7.20. The molecule has 0 aliphatic heterocycles. The zero-order valence-corrected chi connectivity index (χ0v) is 11.3. The lowest BCUT2D eigenvalue weighted by atomic mass is 10.1. The quantitative estimate of drug-likeness (QED) is 0.569. The SMILES string of the molecule is CCNC(C)CCCCSCC(C)CO. The second-order valence-corrected chi connectivity index (χ2v) is 5.47. The van der Waals surface area contributed by atoms with Gasteiger partial charge in [-0.2, -0.15) is 11.8 Å². The fourth-order valence-electron chi connectivity index (χ4n) is 1.44. The number of hydrogen-bond acceptors (Lipinski definition) is 3. The first-order valence-electron chi connectivity index (χ1n) is 6.12. The average Bonchev–Trinajstić information content (AvgIpc) is 2.23. The molecule has 0 aliphatic rings. The van der Waals surface area contributed by atoms with Crippen LogP contribution >= 0.6 is 11.8 Å². The van der Waals surface area contributed by atoms with Gasteiger partial charge in [0, 0.05) is 12.6 Å². The van der Waals surface area contributed by atoms with Crippen molar-refractivity contribution in [2.75, 3.05) is 24.7 Å². The predicted octanol–water partition coefficient (Wildman–Crippen LogP) is 2.52. The highest BCUT2D eigenvalue weighted by molar-refractivity contribution is 7.99. The van der Waals surface area contributed by atoms with Crippen molar-refractivity contribution in [3.63, 3.8) is 0 Å². The lowest BCUT2D eigenvalue weighted by Crippen LogP contribution is -2.25. The van der Waals surface area contributed by atoms with Crippen molar-refractivity contribution in [1.29, 1.82) is 0 Å². The normalized spacial score (nSPS) is 15.2. The van der Waals surface area contributed by atoms with Gasteiger partial charge in [0.25, 0.3) is 0 Å². The highest BCUT2D eigenvalue weighted by atomic mass is 32.2. The van der Waals surface area contributed by atoms with Gasteiger partial charge in [-0.05, 0) is 43.7 Å². The van der Waals surface area contributed by atoms with E-state index < -0.39 is 0 Å². The van der Waals surface area contributed by atoms with E-state index in [1.54, 1.807) is 0 Å². The van der Waals surface area contributed by atoms with Gasteiger partial charge >= 0.3 is 0 Å². The lowest BCUT2D eigenvalue weighted by molar-refractivity contribution is 0.250. The van der Waals surface area contributed by atoms with Crippen LogP contribution in [0.3, 0.4) is 0 Å². The van der Waals surface area contributed by atoms with Gasteiger partial charge < -0.3 is 10.4 Å². The monoisotopic (exact) mass is 233 g/mol. The van der Waals surface area contributed by atoms with Crippen LogP contribution in [0, 0.1) is 5.92 Å². The van der Waals surface area contributed by atoms with Crippen LogP contribution in [0.1, 0.15) is 40.0 Å². The molecule has 0 saturated heterocycles. The maximum Gasteiger partial charge on any atom is 0.0464 e. The van der Waals surface area contributed by atoms with Gasteiger partial charge in [0.15, 0.2) is 0 Å². The third-order valence-corrected chi connectivity index (χ3v) is 3.82. The Hall–Kier alpha value is 0.270. The summed E-state index contributed by atoms with van der Waals surface area (Å²) in [5.41, 5.74) is 0. The summed E-state index contributed by atoms with van der Waals surface area (Å²) in [5.74, 6) is 2.79. The van der Waals surface area contributed by atoms with Gasteiger partial charge in [-0.3, -0.25) is 0 Å². The van der Waals surface area contributed by atoms with Crippen molar-refractivity contribution in [3.8, 4) is 0 Å². The standard InChI is InChI=1S/C12H27NOS/c1-4-13-12(3)7-5-6-8-15-10-11(2)9-14/h11-14H,4-10H2,1-3H3. The summed E-state index contributed by atoms with van der Waals surface area (Å²) in [5, 5.41) is 12.3. The molecule has 0 rings (SSSR count). The highest BCUT2D eigenvalue weighted by Gasteiger charge is 2.01. The molecule has 2 atom stereocenters. The van der Waals surface area contributed by atoms with Gasteiger partial charge in [0.1, 0.15) is 0 Å². The molecule has 0 bridgehead atoms. The largest absolute Gasteiger partial charge is 0.396 e. The molecule has 0 aliphatic carbocycles. The fourth-order valence-corrected chi connectivity index (χ4v) is 2.53. The third-order valence-electron chi connectivity index (χ3n) is 2.44. The van der Waals surface area contributed by atoms with E-state index in [2.05, 4.69) is 26.1 Å². The topological polar surface area (TPSA) is 32.3 Å². The van der Waals surface area contributed by atoms with E-state index in [0.717, 1.165) is 12.3 Å². The minimum Gasteiger partial charge on any atom is -0.396 e. The molecule has 15 heavy (non-hydrogen) atoms. The summed E-state index contributed by atoms with van der Waals surface area (Å²) >= 11 is 1.97. The Morgan fingerprint density at radius 3 is 2.60 bits per heavy atom. The summed E-state index contributed by atoms with van der Waals surface area (Å²) in [6.07, 6.45) is 3.90. The Morgan fingerprint density at radius 2 is 2.00 bits per heavy atom. The highest BCUT2D eigenvalue weighted by Crippen LogP contribution is 2.11. The molecule has 0 amide bonds. The number of aliphatic hydroxyl groups is 1. The molecule has 2 unspecified atom stereocenters. The molecular weight excluding hydrogens is 206 g/mol. The van der Waals surface area contributed by atoms with E-state index in [-0.39, 0.29) is 0 Å². The van der Waals surface area contributed by atoms with Crippen LogP contribution in [0.5, 0.6) is 0 Å². The summed E-state index contributed by atoms with van der Waals surface area (Å²) in [6, 6.07) is 0.663. The van der Waals surface area contributed by atoms with Gasteiger partial charge in [-0.25, -0.2) is 0 Å². The van der Waals surface area contributed by atoms with Gasteiger partial charge in [-0.15, -0.1) is 0 Å². The maximum absolute atomic E-state index is 8.85. The molecule has 0 aromatic heterocycles. The van der Waals surface area contributed by atoms with Crippen molar-refractivity contribution in [1.82, 2.24) is 5.32 Å². The summed E-state index contributed by atoms with van der Waals surface area (Å²) in [6.45, 7) is 7.90. The predicted molar refractivity (Wildman–Crippen MR) is 70.6 cm³/mol. The van der Waals surface area contributed by atoms with E-state index >= 15 is 0 Å². The molecule has 92 valence electrons. The molecule has 0 saturated carbocycles. The molecule has 0 aromatic rings. The van der Waals surface area contributed by atoms with E-state index in [1.165, 1.54) is 25.0 Å². The number of aliphatic hydroxyl groups excluding tert-OH is 1. The van der Waals surface area contributed by atoms with Gasteiger partial charge in [-0.1, -0.05) is 20.3 Å². The molecule has 0 radical (unpaired) electrons. The Labute approximate surface area is 99.2 Å². The van der Waals surface area contributed by atoms with Crippen molar-refractivity contribution in [3.05, 3.63) is 0 Å². The molecular formula is C12H27NOS. The van der Waals surface area contributed by atoms with E-state index in [0.29, 0.717) is 18.6 Å². The van der Waals surface area contributed by atoms with Crippen LogP contribution in [-0.2, 0) is 0 Å². The van der Waals surface area contributed by atoms with E-state index in [9.17, 15) is 0 Å². The van der Waals surface area contributed by atoms with Crippen molar-refractivity contribution in [2.45, 2.75) is 46.1 Å². The van der Waals surface area contributed by atoms with Crippen molar-refractivity contribution < 1.29 is 5.11 Å². The van der Waals surface area contributed by atoms with Gasteiger partial charge in [0.05, 0.1) is 0 Å². The summed E-state index contributed by atoms with van der Waals surface area (Å²) in [7, 11) is 0. The third kappa shape index (κ3) is 10.6. The zero-order chi connectivity index (χ0) is 11.5. The van der Waals surface area contributed by atoms with Crippen LogP contribution in [0.4, 0.5) is 0 Å². The smallest absolute Gasteiger partial charge is 0.0464 e. The summed E-state index contributed by atoms with van der Waals surface area (Å²) < 4.78 is 0. The Morgan fingerprint density at radius 1 is 1.27 bits per heavy atom. The molecule has 0 aromatic carbocycles. The summed E-state index contributed by atoms with van der Waals surface area (Å²) in [4.78, 5) is 0. The number of thioether (sulfide) groups is 1. The second kappa shape index (κ2) is 10.8. The Bertz CT molecular complexity index is 133. The van der Waals surface area contributed by atoms with E-state index in [1.807, 2.05) is 11.8 Å². The minimum absolute atomic E-state index is 0.324. The van der Waals surface area contributed by atoms with Crippen LogP contribution < -0.4 is 5.32 Å². The molecule has 3 heteroatoms. The van der Waals surface area contributed by atoms with Crippen molar-refractivity contribution >= 4 is 11.8 Å². The van der Waals surface area contributed by atoms with Crippen LogP contribution in [-0.4, -0.2) is 35.8 Å². The number of nitrogens with one attached hydrogen (secondary N) is 1. The molecule has 2 nitrogen and oxygen atoms in total. The first-order valence-corrected chi connectivity index (χ1v) is 7.28. The molecule has 0 heterocycles. The Balaban J connectivity index is 3.11. The first kappa shape index (κ1) is 15.3. The van der Waals surface area contributed by atoms with Crippen molar-refractivity contribution in [2.24, 2.45) is 5.92 Å². The maximum atomic E-state index is 8.85. The van der Waals surface area contributed by atoms with E-state index in [4.69, 9.17) is 5.11 Å². The minimum atomic E-state index is 0.324. The number of hydrogen-bond donors (Lipinski definition) is 2. The average molecular weight is 233 g/mol. The fraction of sp³-hybridized carbons (Fsp3) is 1.00. The molecule has 2 N–H and O–H groups in total. The second-order valence-electron chi connectivity index (χ2n) is 4.32. The molecule has 0 spiro atoms. The number of rotatable bonds is 10. The lowest BCUT2D eigenvalue weighted by Gasteiger charge is -2.11. The molecule has 0 fully saturated rings. The van der Waals surface area contributed by atoms with Crippen LogP contribution in [0.25, 0.3) is 0 Å². The number of unbranched alkanes of at least 4 members (excludes halogenated alkanes) is 1. The van der Waals surface area contributed by atoms with Gasteiger partial charge in [0.2, 0.25) is 0 Å². The van der Waals surface area contributed by atoms with Crippen LogP contribution in [0.15, 0.2) is 0 Å². The zero-order valence-electron chi connectivity index (χ0n) is 10.5.